The van der Waals surface area contributed by atoms with Gasteiger partial charge in [0.05, 0.1) is 29.7 Å². The summed E-state index contributed by atoms with van der Waals surface area (Å²) in [7, 11) is 1.51. The van der Waals surface area contributed by atoms with Crippen molar-refractivity contribution in [3.05, 3.63) is 47.5 Å². The smallest absolute Gasteiger partial charge is 0.338 e. The van der Waals surface area contributed by atoms with Gasteiger partial charge >= 0.3 is 5.97 Å². The normalized spacial score (nSPS) is 16.9. The first-order valence-corrected chi connectivity index (χ1v) is 9.79. The molecular weight excluding hydrogens is 386 g/mol. The number of fused-ring (bicyclic) bond motifs is 3. The van der Waals surface area contributed by atoms with Crippen LogP contribution in [-0.2, 0) is 14.3 Å². The highest BCUT2D eigenvalue weighted by atomic mass is 16.5. The van der Waals surface area contributed by atoms with Gasteiger partial charge in [-0.3, -0.25) is 9.59 Å². The molecule has 2 aromatic carbocycles. The fourth-order valence-corrected chi connectivity index (χ4v) is 3.88. The minimum atomic E-state index is -0.637. The van der Waals surface area contributed by atoms with Gasteiger partial charge in [0.15, 0.2) is 6.61 Å². The molecule has 30 heavy (non-hydrogen) atoms. The Bertz CT molecular complexity index is 1020. The number of nitrogens with one attached hydrogen (secondary N) is 2. The first-order chi connectivity index (χ1) is 14.5. The molecule has 1 saturated heterocycles. The number of methoxy groups -OCH3 is 1. The highest BCUT2D eigenvalue weighted by Gasteiger charge is 2.36. The number of rotatable bonds is 5. The third-order valence-corrected chi connectivity index (χ3v) is 5.32. The molecule has 0 saturated carbocycles. The van der Waals surface area contributed by atoms with Crippen LogP contribution in [0.15, 0.2) is 36.4 Å². The topological polar surface area (TPSA) is 97.0 Å². The van der Waals surface area contributed by atoms with Crippen LogP contribution in [0.2, 0.25) is 0 Å². The Balaban J connectivity index is 1.40. The lowest BCUT2D eigenvalue weighted by Crippen LogP contribution is -2.43. The van der Waals surface area contributed by atoms with Gasteiger partial charge in [-0.25, -0.2) is 4.79 Å². The van der Waals surface area contributed by atoms with Crippen molar-refractivity contribution in [2.24, 2.45) is 0 Å². The second-order valence-corrected chi connectivity index (χ2v) is 7.40. The Kier molecular flexibility index (Phi) is 5.31. The van der Waals surface area contributed by atoms with Gasteiger partial charge in [0.2, 0.25) is 5.91 Å². The number of aryl methyl sites for hydroxylation is 1. The Labute approximate surface area is 174 Å². The highest BCUT2D eigenvalue weighted by Crippen LogP contribution is 2.37. The van der Waals surface area contributed by atoms with E-state index in [0.29, 0.717) is 17.1 Å². The molecule has 0 bridgehead atoms. The fourth-order valence-electron chi connectivity index (χ4n) is 3.88. The van der Waals surface area contributed by atoms with Crippen LogP contribution in [0.5, 0.6) is 5.75 Å². The Morgan fingerprint density at radius 1 is 1.23 bits per heavy atom. The van der Waals surface area contributed by atoms with E-state index in [1.54, 1.807) is 30.3 Å². The molecule has 0 spiro atoms. The lowest BCUT2D eigenvalue weighted by molar-refractivity contribution is -0.119. The molecule has 2 heterocycles. The molecule has 0 aromatic heterocycles. The van der Waals surface area contributed by atoms with E-state index >= 15 is 0 Å². The summed E-state index contributed by atoms with van der Waals surface area (Å²) in [6, 6.07) is 10.3. The number of esters is 1. The summed E-state index contributed by atoms with van der Waals surface area (Å²) in [6.07, 6.45) is 1.79. The molecule has 2 aliphatic rings. The number of hydrogen-bond acceptors (Lipinski definition) is 6. The maximum absolute atomic E-state index is 12.4. The Morgan fingerprint density at radius 3 is 2.87 bits per heavy atom. The third kappa shape index (κ3) is 3.80. The van der Waals surface area contributed by atoms with E-state index in [-0.39, 0.29) is 17.5 Å². The molecule has 0 aliphatic carbocycles. The number of benzene rings is 2. The van der Waals surface area contributed by atoms with Gasteiger partial charge in [0.1, 0.15) is 11.8 Å². The zero-order valence-electron chi connectivity index (χ0n) is 16.9. The van der Waals surface area contributed by atoms with Gasteiger partial charge in [-0.1, -0.05) is 6.07 Å². The first kappa shape index (κ1) is 19.8. The quantitative estimate of drug-likeness (QED) is 0.737. The van der Waals surface area contributed by atoms with Crippen LogP contribution >= 0.6 is 0 Å². The van der Waals surface area contributed by atoms with Gasteiger partial charge in [0.25, 0.3) is 5.91 Å². The van der Waals surface area contributed by atoms with Gasteiger partial charge in [-0.15, -0.1) is 0 Å². The lowest BCUT2D eigenvalue weighted by Gasteiger charge is -2.33. The van der Waals surface area contributed by atoms with Crippen LogP contribution in [0.1, 0.15) is 28.8 Å². The minimum Gasteiger partial charge on any atom is -0.495 e. The molecule has 1 atom stereocenters. The SMILES string of the molecule is COc1ccc(C)cc1NC(=O)COC(=O)c1ccc2c(c1)NC(=O)[C@H]1CCCN21. The van der Waals surface area contributed by atoms with Crippen LogP contribution in [-0.4, -0.2) is 44.1 Å². The minimum absolute atomic E-state index is 0.0583. The molecule has 2 aromatic rings. The van der Waals surface area contributed by atoms with Crippen LogP contribution in [0.3, 0.4) is 0 Å². The van der Waals surface area contributed by atoms with Crippen LogP contribution < -0.4 is 20.3 Å². The van der Waals surface area contributed by atoms with E-state index in [1.165, 1.54) is 7.11 Å². The fraction of sp³-hybridized carbons (Fsp3) is 0.318. The van der Waals surface area contributed by atoms with Gasteiger partial charge < -0.3 is 25.0 Å². The van der Waals surface area contributed by atoms with Crippen LogP contribution in [0, 0.1) is 6.92 Å². The number of carbonyl (C=O) groups excluding carboxylic acids is 3. The van der Waals surface area contributed by atoms with E-state index < -0.39 is 18.5 Å². The molecule has 1 fully saturated rings. The van der Waals surface area contributed by atoms with Crippen molar-refractivity contribution in [3.63, 3.8) is 0 Å². The number of amides is 2. The largest absolute Gasteiger partial charge is 0.495 e. The molecule has 2 N–H and O–H groups in total. The highest BCUT2D eigenvalue weighted by molar-refractivity contribution is 6.05. The number of nitrogens with zero attached hydrogens (tertiary/aromatic N) is 1. The summed E-state index contributed by atoms with van der Waals surface area (Å²) >= 11 is 0. The number of anilines is 3. The number of ether oxygens (including phenoxy) is 2. The van der Waals surface area contributed by atoms with Crippen molar-refractivity contribution < 1.29 is 23.9 Å². The second kappa shape index (κ2) is 8.06. The first-order valence-electron chi connectivity index (χ1n) is 9.79. The zero-order valence-corrected chi connectivity index (χ0v) is 16.9. The van der Waals surface area contributed by atoms with E-state index in [0.717, 1.165) is 30.6 Å². The molecule has 156 valence electrons. The van der Waals surface area contributed by atoms with E-state index in [2.05, 4.69) is 15.5 Å². The summed E-state index contributed by atoms with van der Waals surface area (Å²) in [5.74, 6) is -0.650. The van der Waals surface area contributed by atoms with Crippen molar-refractivity contribution in [3.8, 4) is 5.75 Å². The number of hydrogen-bond donors (Lipinski definition) is 2. The molecule has 8 heteroatoms. The van der Waals surface area contributed by atoms with Gasteiger partial charge in [-0.2, -0.15) is 0 Å². The molecule has 0 unspecified atom stereocenters. The standard InChI is InChI=1S/C22H23N3O5/c1-13-5-8-19(29-2)16(10-13)23-20(26)12-30-22(28)14-6-7-17-15(11-14)24-21(27)18-4-3-9-25(17)18/h5-8,10-11,18H,3-4,9,12H2,1-2H3,(H,23,26)(H,24,27)/t18-/m1/s1. The third-order valence-electron chi connectivity index (χ3n) is 5.32. The van der Waals surface area contributed by atoms with Crippen molar-refractivity contribution in [1.82, 2.24) is 0 Å². The maximum Gasteiger partial charge on any atom is 0.338 e. The molecule has 2 amide bonds. The Morgan fingerprint density at radius 2 is 2.07 bits per heavy atom. The van der Waals surface area contributed by atoms with Crippen molar-refractivity contribution >= 4 is 34.8 Å². The summed E-state index contributed by atoms with van der Waals surface area (Å²) in [5.41, 5.74) is 3.22. The van der Waals surface area contributed by atoms with Crippen LogP contribution in [0.25, 0.3) is 0 Å². The van der Waals surface area contributed by atoms with E-state index in [4.69, 9.17) is 9.47 Å². The van der Waals surface area contributed by atoms with Gasteiger partial charge in [-0.05, 0) is 55.7 Å². The second-order valence-electron chi connectivity index (χ2n) is 7.40. The molecule has 0 radical (unpaired) electrons. The average Bonchev–Trinajstić information content (AvgIpc) is 3.23. The zero-order chi connectivity index (χ0) is 21.3. The van der Waals surface area contributed by atoms with Crippen LogP contribution in [0.4, 0.5) is 17.1 Å². The molecular formula is C22H23N3O5. The van der Waals surface area contributed by atoms with Crippen molar-refractivity contribution in [1.29, 1.82) is 0 Å². The van der Waals surface area contributed by atoms with Gasteiger partial charge in [0, 0.05) is 6.54 Å². The average molecular weight is 409 g/mol. The van der Waals surface area contributed by atoms with Crippen molar-refractivity contribution in [2.45, 2.75) is 25.8 Å². The summed E-state index contributed by atoms with van der Waals surface area (Å²) in [6.45, 7) is 2.28. The number of carbonyl (C=O) groups is 3. The molecule has 4 rings (SSSR count). The summed E-state index contributed by atoms with van der Waals surface area (Å²) < 4.78 is 10.4. The van der Waals surface area contributed by atoms with E-state index in [1.807, 2.05) is 13.0 Å². The predicted octanol–water partition coefficient (Wildman–Crippen LogP) is 2.72. The maximum atomic E-state index is 12.4. The summed E-state index contributed by atoms with van der Waals surface area (Å²) in [4.78, 5) is 39.0. The lowest BCUT2D eigenvalue weighted by atomic mass is 10.1. The predicted molar refractivity (Wildman–Crippen MR) is 112 cm³/mol. The molecule has 2 aliphatic heterocycles. The summed E-state index contributed by atoms with van der Waals surface area (Å²) in [5, 5.41) is 5.55. The Hall–Kier alpha value is -3.55. The monoisotopic (exact) mass is 409 g/mol. The van der Waals surface area contributed by atoms with Crippen molar-refractivity contribution in [2.75, 3.05) is 35.8 Å². The molecule has 8 nitrogen and oxygen atoms in total. The van der Waals surface area contributed by atoms with E-state index in [9.17, 15) is 14.4 Å².